The Morgan fingerprint density at radius 3 is 2.17 bits per heavy atom. The Morgan fingerprint density at radius 2 is 1.53 bits per heavy atom. The van der Waals surface area contributed by atoms with Gasteiger partial charge in [-0.3, -0.25) is 14.4 Å². The van der Waals surface area contributed by atoms with Crippen LogP contribution in [-0.4, -0.2) is 24.2 Å². The Kier molecular flexibility index (Phi) is 4.68. The highest BCUT2D eigenvalue weighted by molar-refractivity contribution is 6.32. The normalized spacial score (nSPS) is 26.4. The molecule has 3 aliphatic rings. The molecule has 2 bridgehead atoms. The first-order valence-electron chi connectivity index (χ1n) is 9.71. The van der Waals surface area contributed by atoms with Crippen LogP contribution in [0.5, 0.6) is 5.75 Å². The molecule has 1 aliphatic heterocycles. The Morgan fingerprint density at radius 1 is 0.933 bits per heavy atom. The first-order valence-corrected chi connectivity index (χ1v) is 10.5. The number of ether oxygens (including phenoxy) is 1. The molecule has 2 aromatic carbocycles. The zero-order valence-corrected chi connectivity index (χ0v) is 17.3. The van der Waals surface area contributed by atoms with Crippen LogP contribution in [0.4, 0.5) is 5.69 Å². The number of allylic oxidation sites excluding steroid dienone is 2. The standard InChI is InChI=1S/C23H17Cl2NO4/c24-15-5-3-12(4-6-15)18(27)11-30-19-8-7-16(25)10-17(19)26-22(28)20-13-1-2-14(9-13)21(20)23(26)29/h1-8,10,13-14,20-21H,9,11H2/t13-,14-,20+,21+/m0/s1. The third-order valence-electron chi connectivity index (χ3n) is 6.16. The van der Waals surface area contributed by atoms with Gasteiger partial charge in [0, 0.05) is 15.6 Å². The summed E-state index contributed by atoms with van der Waals surface area (Å²) in [6.07, 6.45) is 4.94. The molecule has 152 valence electrons. The quantitative estimate of drug-likeness (QED) is 0.387. The van der Waals surface area contributed by atoms with Crippen LogP contribution in [0.1, 0.15) is 16.8 Å². The van der Waals surface area contributed by atoms with Crippen LogP contribution in [0.25, 0.3) is 0 Å². The van der Waals surface area contributed by atoms with Gasteiger partial charge in [-0.15, -0.1) is 0 Å². The molecule has 0 spiro atoms. The summed E-state index contributed by atoms with van der Waals surface area (Å²) in [5.74, 6) is -0.858. The number of rotatable bonds is 5. The van der Waals surface area contributed by atoms with E-state index in [4.69, 9.17) is 27.9 Å². The van der Waals surface area contributed by atoms with Gasteiger partial charge in [0.15, 0.2) is 12.4 Å². The summed E-state index contributed by atoms with van der Waals surface area (Å²) in [6.45, 7) is -0.244. The second-order valence-electron chi connectivity index (χ2n) is 7.84. The number of hydrogen-bond donors (Lipinski definition) is 0. The Bertz CT molecular complexity index is 1060. The number of halogens is 2. The number of hydrogen-bond acceptors (Lipinski definition) is 4. The molecule has 0 radical (unpaired) electrons. The van der Waals surface area contributed by atoms with Crippen molar-refractivity contribution in [3.63, 3.8) is 0 Å². The molecular weight excluding hydrogens is 425 g/mol. The van der Waals surface area contributed by atoms with Crippen molar-refractivity contribution in [1.82, 2.24) is 0 Å². The van der Waals surface area contributed by atoms with E-state index in [0.717, 1.165) is 6.42 Å². The average Bonchev–Trinajstić information content (AvgIpc) is 3.41. The van der Waals surface area contributed by atoms with E-state index in [9.17, 15) is 14.4 Å². The van der Waals surface area contributed by atoms with Gasteiger partial charge in [-0.05, 0) is 60.7 Å². The average molecular weight is 442 g/mol. The summed E-state index contributed by atoms with van der Waals surface area (Å²) in [5.41, 5.74) is 0.746. The summed E-state index contributed by atoms with van der Waals surface area (Å²) in [7, 11) is 0. The molecule has 0 aromatic heterocycles. The summed E-state index contributed by atoms with van der Waals surface area (Å²) in [4.78, 5) is 39.9. The molecule has 5 nitrogen and oxygen atoms in total. The fourth-order valence-electron chi connectivity index (χ4n) is 4.79. The number of ketones is 1. The van der Waals surface area contributed by atoms with Crippen LogP contribution in [0.3, 0.4) is 0 Å². The summed E-state index contributed by atoms with van der Waals surface area (Å²) < 4.78 is 5.74. The smallest absolute Gasteiger partial charge is 0.238 e. The Balaban J connectivity index is 1.41. The van der Waals surface area contributed by atoms with Crippen molar-refractivity contribution in [3.05, 3.63) is 70.2 Å². The second-order valence-corrected chi connectivity index (χ2v) is 8.72. The van der Waals surface area contributed by atoms with Gasteiger partial charge in [-0.25, -0.2) is 4.90 Å². The number of nitrogens with zero attached hydrogens (tertiary/aromatic N) is 1. The highest BCUT2D eigenvalue weighted by atomic mass is 35.5. The summed E-state index contributed by atoms with van der Waals surface area (Å²) >= 11 is 12.0. The number of fused-ring (bicyclic) bond motifs is 5. The van der Waals surface area contributed by atoms with Crippen LogP contribution in [-0.2, 0) is 9.59 Å². The fraction of sp³-hybridized carbons (Fsp3) is 0.261. The van der Waals surface area contributed by atoms with Crippen LogP contribution < -0.4 is 9.64 Å². The molecule has 2 fully saturated rings. The van der Waals surface area contributed by atoms with Crippen molar-refractivity contribution in [1.29, 1.82) is 0 Å². The first-order chi connectivity index (χ1) is 14.4. The lowest BCUT2D eigenvalue weighted by Gasteiger charge is -2.21. The number of carbonyl (C=O) groups is 3. The highest BCUT2D eigenvalue weighted by Crippen LogP contribution is 2.54. The van der Waals surface area contributed by atoms with E-state index < -0.39 is 0 Å². The topological polar surface area (TPSA) is 63.7 Å². The van der Waals surface area contributed by atoms with Gasteiger partial charge in [0.05, 0.1) is 17.5 Å². The minimum absolute atomic E-state index is 0.108. The number of benzene rings is 2. The molecule has 1 saturated carbocycles. The third kappa shape index (κ3) is 3.04. The van der Waals surface area contributed by atoms with Crippen LogP contribution in [0.15, 0.2) is 54.6 Å². The Hall–Kier alpha value is -2.63. The molecule has 2 aliphatic carbocycles. The maximum absolute atomic E-state index is 13.1. The molecule has 0 unspecified atom stereocenters. The van der Waals surface area contributed by atoms with E-state index in [2.05, 4.69) is 0 Å². The number of carbonyl (C=O) groups excluding carboxylic acids is 3. The number of anilines is 1. The van der Waals surface area contributed by atoms with Crippen molar-refractivity contribution >= 4 is 46.5 Å². The molecule has 1 saturated heterocycles. The van der Waals surface area contributed by atoms with E-state index in [1.807, 2.05) is 12.2 Å². The molecule has 1 heterocycles. The van der Waals surface area contributed by atoms with E-state index in [1.54, 1.807) is 36.4 Å². The van der Waals surface area contributed by atoms with Crippen molar-refractivity contribution in [2.24, 2.45) is 23.7 Å². The van der Waals surface area contributed by atoms with E-state index >= 15 is 0 Å². The van der Waals surface area contributed by atoms with Crippen molar-refractivity contribution in [3.8, 4) is 5.75 Å². The van der Waals surface area contributed by atoms with Crippen LogP contribution in [0, 0.1) is 23.7 Å². The predicted octanol–water partition coefficient (Wildman–Crippen LogP) is 4.57. The van der Waals surface area contributed by atoms with Gasteiger partial charge in [-0.2, -0.15) is 0 Å². The lowest BCUT2D eigenvalue weighted by atomic mass is 9.85. The minimum Gasteiger partial charge on any atom is -0.483 e. The van der Waals surface area contributed by atoms with Gasteiger partial charge in [-0.1, -0.05) is 35.4 Å². The fourth-order valence-corrected chi connectivity index (χ4v) is 5.08. The van der Waals surface area contributed by atoms with E-state index in [1.165, 1.54) is 11.0 Å². The van der Waals surface area contributed by atoms with Crippen molar-refractivity contribution < 1.29 is 19.1 Å². The number of amides is 2. The molecule has 0 N–H and O–H groups in total. The lowest BCUT2D eigenvalue weighted by molar-refractivity contribution is -0.123. The molecule has 2 amide bonds. The van der Waals surface area contributed by atoms with Crippen molar-refractivity contribution in [2.45, 2.75) is 6.42 Å². The van der Waals surface area contributed by atoms with Crippen molar-refractivity contribution in [2.75, 3.05) is 11.5 Å². The zero-order valence-electron chi connectivity index (χ0n) is 15.8. The third-order valence-corrected chi connectivity index (χ3v) is 6.64. The zero-order chi connectivity index (χ0) is 21.0. The van der Waals surface area contributed by atoms with Gasteiger partial charge >= 0.3 is 0 Å². The van der Waals surface area contributed by atoms with Gasteiger partial charge in [0.25, 0.3) is 0 Å². The molecular formula is C23H17Cl2NO4. The molecule has 7 heteroatoms. The minimum atomic E-state index is -0.324. The van der Waals surface area contributed by atoms with Crippen LogP contribution in [0.2, 0.25) is 10.0 Å². The molecule has 2 aromatic rings. The van der Waals surface area contributed by atoms with Gasteiger partial charge < -0.3 is 4.74 Å². The van der Waals surface area contributed by atoms with E-state index in [0.29, 0.717) is 15.6 Å². The monoisotopic (exact) mass is 441 g/mol. The molecule has 30 heavy (non-hydrogen) atoms. The summed E-state index contributed by atoms with van der Waals surface area (Å²) in [6, 6.07) is 11.2. The summed E-state index contributed by atoms with van der Waals surface area (Å²) in [5, 5.41) is 0.910. The largest absolute Gasteiger partial charge is 0.483 e. The van der Waals surface area contributed by atoms with Gasteiger partial charge in [0.1, 0.15) is 5.75 Å². The predicted molar refractivity (Wildman–Crippen MR) is 113 cm³/mol. The SMILES string of the molecule is O=C(COc1ccc(Cl)cc1N1C(=O)[C@H]2[C@H](C1=O)[C@H]1C=C[C@H]2C1)c1ccc(Cl)cc1. The Labute approximate surface area is 183 Å². The molecule has 5 rings (SSSR count). The maximum Gasteiger partial charge on any atom is 0.238 e. The van der Waals surface area contributed by atoms with Crippen LogP contribution >= 0.6 is 23.2 Å². The lowest BCUT2D eigenvalue weighted by Crippen LogP contribution is -2.33. The highest BCUT2D eigenvalue weighted by Gasteiger charge is 2.59. The first kappa shape index (κ1) is 19.3. The second kappa shape index (κ2) is 7.25. The maximum atomic E-state index is 13.1. The number of Topliss-reactive ketones (excluding diaryl/α,β-unsaturated/α-hetero) is 1. The van der Waals surface area contributed by atoms with Gasteiger partial charge in [0.2, 0.25) is 11.8 Å². The molecule has 4 atom stereocenters. The van der Waals surface area contributed by atoms with E-state index in [-0.39, 0.29) is 59.3 Å². The number of imide groups is 1.